The van der Waals surface area contributed by atoms with Gasteiger partial charge in [0.1, 0.15) is 5.75 Å². The standard InChI is InChI=1S/C21H19ClN4O3S/c1-4-19-24-18(25-29-19)11-30-21-23-15-10-13(22)6-7-14(15)20(27)26(21)16-9-12(2)5-8-17(16)28-3/h5-10H,4,11H2,1-3H3. The highest BCUT2D eigenvalue weighted by molar-refractivity contribution is 7.98. The second-order valence-electron chi connectivity index (χ2n) is 6.62. The van der Waals surface area contributed by atoms with Crippen molar-refractivity contribution in [2.24, 2.45) is 0 Å². The minimum Gasteiger partial charge on any atom is -0.495 e. The molecule has 0 bridgehead atoms. The van der Waals surface area contributed by atoms with Gasteiger partial charge in [0.2, 0.25) is 5.89 Å². The zero-order chi connectivity index (χ0) is 21.3. The minimum absolute atomic E-state index is 0.203. The molecule has 2 heterocycles. The Bertz CT molecular complexity index is 1290. The lowest BCUT2D eigenvalue weighted by atomic mass is 10.2. The van der Waals surface area contributed by atoms with Crippen LogP contribution in [0.5, 0.6) is 5.75 Å². The van der Waals surface area contributed by atoms with Gasteiger partial charge in [0.15, 0.2) is 11.0 Å². The van der Waals surface area contributed by atoms with Crippen molar-refractivity contribution in [1.82, 2.24) is 19.7 Å². The zero-order valence-corrected chi connectivity index (χ0v) is 18.3. The highest BCUT2D eigenvalue weighted by Gasteiger charge is 2.18. The summed E-state index contributed by atoms with van der Waals surface area (Å²) in [6, 6.07) is 10.7. The van der Waals surface area contributed by atoms with Gasteiger partial charge in [-0.2, -0.15) is 4.98 Å². The number of methoxy groups -OCH3 is 1. The van der Waals surface area contributed by atoms with Crippen molar-refractivity contribution in [2.45, 2.75) is 31.2 Å². The van der Waals surface area contributed by atoms with Crippen LogP contribution < -0.4 is 10.3 Å². The Balaban J connectivity index is 1.89. The number of aryl methyl sites for hydroxylation is 2. The van der Waals surface area contributed by atoms with E-state index in [1.54, 1.807) is 29.9 Å². The second kappa shape index (κ2) is 8.49. The van der Waals surface area contributed by atoms with E-state index in [2.05, 4.69) is 10.1 Å². The lowest BCUT2D eigenvalue weighted by Gasteiger charge is -2.16. The molecule has 0 unspecified atom stereocenters. The van der Waals surface area contributed by atoms with Crippen molar-refractivity contribution in [2.75, 3.05) is 7.11 Å². The Morgan fingerprint density at radius 3 is 2.77 bits per heavy atom. The average Bonchev–Trinajstić information content (AvgIpc) is 3.20. The average molecular weight is 443 g/mol. The first-order chi connectivity index (χ1) is 14.5. The van der Waals surface area contributed by atoms with E-state index < -0.39 is 0 Å². The predicted octanol–water partition coefficient (Wildman–Crippen LogP) is 4.59. The summed E-state index contributed by atoms with van der Waals surface area (Å²) in [6.45, 7) is 3.90. The van der Waals surface area contributed by atoms with Gasteiger partial charge in [-0.05, 0) is 42.8 Å². The monoisotopic (exact) mass is 442 g/mol. The largest absolute Gasteiger partial charge is 0.495 e. The Hall–Kier alpha value is -2.84. The summed E-state index contributed by atoms with van der Waals surface area (Å²) in [5, 5.41) is 5.46. The molecular formula is C21H19ClN4O3S. The van der Waals surface area contributed by atoms with Crippen LogP contribution in [0.1, 0.15) is 24.2 Å². The van der Waals surface area contributed by atoms with Gasteiger partial charge >= 0.3 is 0 Å². The van der Waals surface area contributed by atoms with Crippen molar-refractivity contribution < 1.29 is 9.26 Å². The highest BCUT2D eigenvalue weighted by atomic mass is 35.5. The molecule has 0 saturated carbocycles. The first kappa shape index (κ1) is 20.4. The number of fused-ring (bicyclic) bond motifs is 1. The molecule has 0 fully saturated rings. The van der Waals surface area contributed by atoms with E-state index >= 15 is 0 Å². The summed E-state index contributed by atoms with van der Waals surface area (Å²) in [4.78, 5) is 22.5. The molecule has 0 aliphatic carbocycles. The van der Waals surface area contributed by atoms with Gasteiger partial charge in [0.25, 0.3) is 5.56 Å². The number of nitrogens with zero attached hydrogens (tertiary/aromatic N) is 4. The molecule has 0 saturated heterocycles. The van der Waals surface area contributed by atoms with Gasteiger partial charge < -0.3 is 9.26 Å². The van der Waals surface area contributed by atoms with Crippen LogP contribution in [0.25, 0.3) is 16.6 Å². The van der Waals surface area contributed by atoms with Crippen molar-refractivity contribution in [3.8, 4) is 11.4 Å². The molecule has 2 aromatic carbocycles. The van der Waals surface area contributed by atoms with Crippen molar-refractivity contribution in [3.05, 3.63) is 69.1 Å². The van der Waals surface area contributed by atoms with E-state index in [1.807, 2.05) is 32.0 Å². The van der Waals surface area contributed by atoms with Crippen molar-refractivity contribution >= 4 is 34.3 Å². The SMILES string of the molecule is CCc1nc(CSc2nc3cc(Cl)ccc3c(=O)n2-c2cc(C)ccc2OC)no1. The number of benzene rings is 2. The van der Waals surface area contributed by atoms with Crippen LogP contribution in [0, 0.1) is 6.92 Å². The summed E-state index contributed by atoms with van der Waals surface area (Å²) in [6.07, 6.45) is 0.662. The highest BCUT2D eigenvalue weighted by Crippen LogP contribution is 2.29. The van der Waals surface area contributed by atoms with Gasteiger partial charge in [-0.25, -0.2) is 4.98 Å². The number of thioether (sulfide) groups is 1. The van der Waals surface area contributed by atoms with Crippen molar-refractivity contribution in [1.29, 1.82) is 0 Å². The molecule has 0 atom stereocenters. The lowest BCUT2D eigenvalue weighted by molar-refractivity contribution is 0.378. The number of hydrogen-bond acceptors (Lipinski definition) is 7. The predicted molar refractivity (Wildman–Crippen MR) is 117 cm³/mol. The summed E-state index contributed by atoms with van der Waals surface area (Å²) in [5.74, 6) is 2.09. The number of ether oxygens (including phenoxy) is 1. The molecule has 0 radical (unpaired) electrons. The quantitative estimate of drug-likeness (QED) is 0.319. The summed E-state index contributed by atoms with van der Waals surface area (Å²) in [7, 11) is 1.58. The Kier molecular flexibility index (Phi) is 5.78. The van der Waals surface area contributed by atoms with E-state index in [9.17, 15) is 4.79 Å². The molecule has 0 aliphatic heterocycles. The molecular weight excluding hydrogens is 424 g/mol. The zero-order valence-electron chi connectivity index (χ0n) is 16.7. The maximum Gasteiger partial charge on any atom is 0.266 e. The van der Waals surface area contributed by atoms with Crippen LogP contribution in [-0.4, -0.2) is 26.8 Å². The molecule has 154 valence electrons. The summed E-state index contributed by atoms with van der Waals surface area (Å²) >= 11 is 7.48. The fourth-order valence-electron chi connectivity index (χ4n) is 3.04. The fourth-order valence-corrected chi connectivity index (χ4v) is 4.06. The van der Waals surface area contributed by atoms with Crippen LogP contribution in [0.2, 0.25) is 5.02 Å². The van der Waals surface area contributed by atoms with Crippen LogP contribution in [-0.2, 0) is 12.2 Å². The molecule has 0 amide bonds. The second-order valence-corrected chi connectivity index (χ2v) is 8.00. The first-order valence-electron chi connectivity index (χ1n) is 9.31. The van der Waals surface area contributed by atoms with Gasteiger partial charge in [0.05, 0.1) is 29.5 Å². The molecule has 4 aromatic rings. The fraction of sp³-hybridized carbons (Fsp3) is 0.238. The Morgan fingerprint density at radius 2 is 2.03 bits per heavy atom. The first-order valence-corrected chi connectivity index (χ1v) is 10.7. The van der Waals surface area contributed by atoms with Crippen LogP contribution >= 0.6 is 23.4 Å². The molecule has 4 rings (SSSR count). The Morgan fingerprint density at radius 1 is 1.20 bits per heavy atom. The third kappa shape index (κ3) is 3.93. The lowest BCUT2D eigenvalue weighted by Crippen LogP contribution is -2.22. The van der Waals surface area contributed by atoms with Gasteiger partial charge in [-0.15, -0.1) is 0 Å². The van der Waals surface area contributed by atoms with Gasteiger partial charge in [-0.3, -0.25) is 9.36 Å². The molecule has 9 heteroatoms. The summed E-state index contributed by atoms with van der Waals surface area (Å²) in [5.41, 5.74) is 1.94. The number of hydrogen-bond donors (Lipinski definition) is 0. The molecule has 0 spiro atoms. The topological polar surface area (TPSA) is 83.0 Å². The normalized spacial score (nSPS) is 11.2. The van der Waals surface area contributed by atoms with E-state index in [0.29, 0.717) is 56.4 Å². The number of aromatic nitrogens is 4. The smallest absolute Gasteiger partial charge is 0.266 e. The molecule has 30 heavy (non-hydrogen) atoms. The van der Waals surface area contributed by atoms with Crippen LogP contribution in [0.3, 0.4) is 0 Å². The van der Waals surface area contributed by atoms with Crippen LogP contribution in [0.4, 0.5) is 0 Å². The number of rotatable bonds is 6. The minimum atomic E-state index is -0.203. The van der Waals surface area contributed by atoms with E-state index in [4.69, 9.17) is 25.8 Å². The van der Waals surface area contributed by atoms with E-state index in [1.165, 1.54) is 11.8 Å². The van der Waals surface area contributed by atoms with Crippen LogP contribution in [0.15, 0.2) is 50.9 Å². The Labute approximate surface area is 182 Å². The molecule has 7 nitrogen and oxygen atoms in total. The van der Waals surface area contributed by atoms with E-state index in [-0.39, 0.29) is 5.56 Å². The maximum absolute atomic E-state index is 13.5. The third-order valence-corrected chi connectivity index (χ3v) is 5.69. The number of halogens is 1. The molecule has 2 aromatic heterocycles. The van der Waals surface area contributed by atoms with E-state index in [0.717, 1.165) is 5.56 Å². The molecule has 0 N–H and O–H groups in total. The van der Waals surface area contributed by atoms with Gasteiger partial charge in [0, 0.05) is 11.4 Å². The maximum atomic E-state index is 13.5. The molecule has 0 aliphatic rings. The third-order valence-electron chi connectivity index (χ3n) is 4.52. The van der Waals surface area contributed by atoms with Crippen molar-refractivity contribution in [3.63, 3.8) is 0 Å². The van der Waals surface area contributed by atoms with Gasteiger partial charge in [-0.1, -0.05) is 41.5 Å². The summed E-state index contributed by atoms with van der Waals surface area (Å²) < 4.78 is 12.3.